The minimum atomic E-state index is -4.33. The van der Waals surface area contributed by atoms with Gasteiger partial charge in [-0.3, -0.25) is 4.90 Å². The normalized spacial score (nSPS) is 16.7. The zero-order chi connectivity index (χ0) is 20.1. The van der Waals surface area contributed by atoms with Crippen LogP contribution in [-0.2, 0) is 10.0 Å². The summed E-state index contributed by atoms with van der Waals surface area (Å²) in [5, 5.41) is 0. The fourth-order valence-electron chi connectivity index (χ4n) is 3.51. The third kappa shape index (κ3) is 4.68. The van der Waals surface area contributed by atoms with Crippen molar-refractivity contribution in [3.05, 3.63) is 59.7 Å². The van der Waals surface area contributed by atoms with E-state index in [1.807, 2.05) is 24.3 Å². The second kappa shape index (κ2) is 8.98. The smallest absolute Gasteiger partial charge is 0.246 e. The van der Waals surface area contributed by atoms with Crippen LogP contribution in [0, 0.1) is 11.6 Å². The summed E-state index contributed by atoms with van der Waals surface area (Å²) >= 11 is 0. The van der Waals surface area contributed by atoms with Crippen LogP contribution in [0.1, 0.15) is 30.9 Å². The van der Waals surface area contributed by atoms with Gasteiger partial charge in [-0.2, -0.15) is 0 Å². The summed E-state index contributed by atoms with van der Waals surface area (Å²) in [6.45, 7) is 1.70. The average molecular weight is 410 g/mol. The molecule has 2 aromatic rings. The van der Waals surface area contributed by atoms with E-state index in [-0.39, 0.29) is 12.6 Å². The molecule has 28 heavy (non-hydrogen) atoms. The van der Waals surface area contributed by atoms with Crippen molar-refractivity contribution in [2.75, 3.05) is 26.7 Å². The van der Waals surface area contributed by atoms with Crippen molar-refractivity contribution in [1.29, 1.82) is 0 Å². The number of nitrogens with zero attached hydrogens (tertiary/aromatic N) is 1. The Morgan fingerprint density at radius 1 is 1.04 bits per heavy atom. The van der Waals surface area contributed by atoms with Crippen molar-refractivity contribution in [3.63, 3.8) is 0 Å². The molecule has 1 N–H and O–H groups in total. The molecular weight excluding hydrogens is 386 g/mol. The largest absolute Gasteiger partial charge is 0.497 e. The molecule has 1 aliphatic rings. The number of hydrogen-bond donors (Lipinski definition) is 1. The molecule has 1 unspecified atom stereocenters. The van der Waals surface area contributed by atoms with E-state index in [4.69, 9.17) is 4.74 Å². The summed E-state index contributed by atoms with van der Waals surface area (Å²) in [5.74, 6) is -1.51. The van der Waals surface area contributed by atoms with Gasteiger partial charge in [0.25, 0.3) is 0 Å². The first-order chi connectivity index (χ1) is 13.4. The lowest BCUT2D eigenvalue weighted by molar-refractivity contribution is 0.164. The molecule has 2 aromatic carbocycles. The molecule has 0 bridgehead atoms. The van der Waals surface area contributed by atoms with E-state index < -0.39 is 26.6 Å². The summed E-state index contributed by atoms with van der Waals surface area (Å²) in [5.41, 5.74) is 0.916. The van der Waals surface area contributed by atoms with Gasteiger partial charge in [-0.05, 0) is 55.8 Å². The zero-order valence-electron chi connectivity index (χ0n) is 15.7. The summed E-state index contributed by atoms with van der Waals surface area (Å²) < 4.78 is 60.6. The number of sulfonamides is 1. The van der Waals surface area contributed by atoms with Gasteiger partial charge in [0.2, 0.25) is 10.0 Å². The molecule has 0 radical (unpaired) electrons. The van der Waals surface area contributed by atoms with E-state index in [0.29, 0.717) is 5.75 Å². The van der Waals surface area contributed by atoms with E-state index in [1.54, 1.807) is 7.11 Å². The van der Waals surface area contributed by atoms with Crippen molar-refractivity contribution >= 4 is 10.0 Å². The predicted octanol–water partition coefficient (Wildman–Crippen LogP) is 3.48. The van der Waals surface area contributed by atoms with Crippen LogP contribution in [0.5, 0.6) is 5.75 Å². The van der Waals surface area contributed by atoms with Gasteiger partial charge in [0.15, 0.2) is 4.90 Å². The Morgan fingerprint density at radius 2 is 1.64 bits per heavy atom. The number of rotatable bonds is 7. The Labute approximate surface area is 164 Å². The monoisotopic (exact) mass is 410 g/mol. The van der Waals surface area contributed by atoms with Crippen LogP contribution >= 0.6 is 0 Å². The maximum atomic E-state index is 13.9. The van der Waals surface area contributed by atoms with Crippen molar-refractivity contribution in [1.82, 2.24) is 9.62 Å². The molecule has 0 amide bonds. The molecule has 152 valence electrons. The zero-order valence-corrected chi connectivity index (χ0v) is 16.5. The molecule has 0 spiro atoms. The van der Waals surface area contributed by atoms with Crippen LogP contribution in [0.3, 0.4) is 0 Å². The molecule has 8 heteroatoms. The highest BCUT2D eigenvalue weighted by atomic mass is 32.2. The van der Waals surface area contributed by atoms with Crippen LogP contribution in [0.4, 0.5) is 8.78 Å². The highest BCUT2D eigenvalue weighted by Crippen LogP contribution is 2.27. The number of benzene rings is 2. The first-order valence-electron chi connectivity index (χ1n) is 9.24. The molecule has 0 aromatic heterocycles. The lowest BCUT2D eigenvalue weighted by Crippen LogP contribution is -2.40. The number of hydrogen-bond acceptors (Lipinski definition) is 4. The van der Waals surface area contributed by atoms with E-state index >= 15 is 0 Å². The van der Waals surface area contributed by atoms with E-state index in [2.05, 4.69) is 9.62 Å². The standard InChI is InChI=1S/C20H24F2N2O3S/c1-27-16-10-8-15(9-11-16)19(24-12-3-2-4-13-24)14-23-28(25,26)20-17(21)6-5-7-18(20)22/h5-11,19,23H,2-4,12-14H2,1H3. The average Bonchev–Trinajstić information content (AvgIpc) is 2.69. The second-order valence-corrected chi connectivity index (χ2v) is 8.49. The number of halogens is 2. The maximum Gasteiger partial charge on any atom is 0.246 e. The highest BCUT2D eigenvalue weighted by molar-refractivity contribution is 7.89. The van der Waals surface area contributed by atoms with Gasteiger partial charge in [0, 0.05) is 12.6 Å². The molecule has 1 atom stereocenters. The van der Waals surface area contributed by atoms with Gasteiger partial charge >= 0.3 is 0 Å². The molecule has 1 aliphatic heterocycles. The molecule has 0 aliphatic carbocycles. The minimum absolute atomic E-state index is 0.0163. The fourth-order valence-corrected chi connectivity index (χ4v) is 4.69. The van der Waals surface area contributed by atoms with Crippen LogP contribution in [0.15, 0.2) is 47.4 Å². The first kappa shape index (κ1) is 20.7. The van der Waals surface area contributed by atoms with Gasteiger partial charge in [-0.15, -0.1) is 0 Å². The second-order valence-electron chi connectivity index (χ2n) is 6.79. The lowest BCUT2D eigenvalue weighted by atomic mass is 10.0. The Kier molecular flexibility index (Phi) is 6.64. The Bertz CT molecular complexity index is 878. The summed E-state index contributed by atoms with van der Waals surface area (Å²) in [7, 11) is -2.75. The highest BCUT2D eigenvalue weighted by Gasteiger charge is 2.28. The van der Waals surface area contributed by atoms with Crippen molar-refractivity contribution in [2.45, 2.75) is 30.2 Å². The van der Waals surface area contributed by atoms with Crippen LogP contribution in [0.2, 0.25) is 0 Å². The Morgan fingerprint density at radius 3 is 2.21 bits per heavy atom. The summed E-state index contributed by atoms with van der Waals surface area (Å²) in [4.78, 5) is 1.26. The summed E-state index contributed by atoms with van der Waals surface area (Å²) in [6.07, 6.45) is 3.20. The van der Waals surface area contributed by atoms with Crippen LogP contribution in [-0.4, -0.2) is 40.1 Å². The van der Waals surface area contributed by atoms with E-state index in [1.165, 1.54) is 0 Å². The maximum absolute atomic E-state index is 13.9. The van der Waals surface area contributed by atoms with E-state index in [0.717, 1.165) is 56.1 Å². The van der Waals surface area contributed by atoms with E-state index in [9.17, 15) is 17.2 Å². The van der Waals surface area contributed by atoms with Crippen LogP contribution < -0.4 is 9.46 Å². The molecule has 1 fully saturated rings. The van der Waals surface area contributed by atoms with Gasteiger partial charge < -0.3 is 4.74 Å². The molecule has 1 heterocycles. The lowest BCUT2D eigenvalue weighted by Gasteiger charge is -2.35. The van der Waals surface area contributed by atoms with Gasteiger partial charge in [0.1, 0.15) is 17.4 Å². The Balaban J connectivity index is 1.84. The number of methoxy groups -OCH3 is 1. The van der Waals surface area contributed by atoms with Gasteiger partial charge in [0.05, 0.1) is 7.11 Å². The van der Waals surface area contributed by atoms with Gasteiger partial charge in [-0.1, -0.05) is 24.6 Å². The minimum Gasteiger partial charge on any atom is -0.497 e. The number of nitrogens with one attached hydrogen (secondary N) is 1. The number of piperidine rings is 1. The Hall–Kier alpha value is -2.03. The van der Waals surface area contributed by atoms with Crippen LogP contribution in [0.25, 0.3) is 0 Å². The van der Waals surface area contributed by atoms with Gasteiger partial charge in [-0.25, -0.2) is 21.9 Å². The molecule has 3 rings (SSSR count). The first-order valence-corrected chi connectivity index (χ1v) is 10.7. The quantitative estimate of drug-likeness (QED) is 0.759. The third-order valence-corrected chi connectivity index (χ3v) is 6.46. The summed E-state index contributed by atoms with van der Waals surface area (Å²) in [6, 6.07) is 10.2. The SMILES string of the molecule is COc1ccc(C(CNS(=O)(=O)c2c(F)cccc2F)N2CCCCC2)cc1. The molecule has 0 saturated carbocycles. The number of likely N-dealkylation sites (tertiary alicyclic amines) is 1. The number of ether oxygens (including phenoxy) is 1. The molecular formula is C20H24F2N2O3S. The predicted molar refractivity (Wildman–Crippen MR) is 103 cm³/mol. The molecule has 1 saturated heterocycles. The van der Waals surface area contributed by atoms with Crippen molar-refractivity contribution < 1.29 is 21.9 Å². The van der Waals surface area contributed by atoms with Crippen molar-refractivity contribution in [2.24, 2.45) is 0 Å². The van der Waals surface area contributed by atoms with Crippen molar-refractivity contribution in [3.8, 4) is 5.75 Å². The topological polar surface area (TPSA) is 58.6 Å². The third-order valence-electron chi connectivity index (χ3n) is 4.99. The molecule has 5 nitrogen and oxygen atoms in total. The fraction of sp³-hybridized carbons (Fsp3) is 0.400.